The second kappa shape index (κ2) is 9.53. The average molecular weight is 481 g/mol. The predicted molar refractivity (Wildman–Crippen MR) is 142 cm³/mol. The molecule has 0 aliphatic carbocycles. The van der Waals surface area contributed by atoms with Crippen LogP contribution in [-0.2, 0) is 25.7 Å². The fourth-order valence-electron chi connectivity index (χ4n) is 4.75. The largest absolute Gasteiger partial charge is 0.403 e. The van der Waals surface area contributed by atoms with Crippen LogP contribution in [0.5, 0.6) is 0 Å². The Kier molecular flexibility index (Phi) is 6.27. The molecule has 0 fully saturated rings. The topological polar surface area (TPSA) is 86.2 Å². The maximum absolute atomic E-state index is 12.9. The van der Waals surface area contributed by atoms with Crippen molar-refractivity contribution in [1.29, 1.82) is 0 Å². The molecule has 0 aliphatic heterocycles. The van der Waals surface area contributed by atoms with Crippen LogP contribution >= 0.6 is 0 Å². The van der Waals surface area contributed by atoms with Crippen molar-refractivity contribution in [1.82, 2.24) is 9.97 Å². The van der Waals surface area contributed by atoms with Gasteiger partial charge in [0.1, 0.15) is 0 Å². The number of hydrogen-bond acceptors (Lipinski definition) is 6. The van der Waals surface area contributed by atoms with Gasteiger partial charge in [-0.25, -0.2) is 19.6 Å². The maximum atomic E-state index is 12.9. The van der Waals surface area contributed by atoms with Gasteiger partial charge < -0.3 is 8.83 Å². The van der Waals surface area contributed by atoms with Crippen LogP contribution in [0.2, 0.25) is 0 Å². The molecule has 2 heterocycles. The minimum atomic E-state index is -0.382. The zero-order valence-electron chi connectivity index (χ0n) is 21.0. The smallest absolute Gasteiger partial charge is 0.347 e. The molecule has 0 saturated heterocycles. The second-order valence-corrected chi connectivity index (χ2v) is 8.82. The summed E-state index contributed by atoms with van der Waals surface area (Å²) in [7, 11) is 0. The minimum Gasteiger partial charge on any atom is -0.403 e. The van der Waals surface area contributed by atoms with Crippen LogP contribution in [0.1, 0.15) is 49.9 Å². The van der Waals surface area contributed by atoms with E-state index in [-0.39, 0.29) is 23.0 Å². The van der Waals surface area contributed by atoms with Gasteiger partial charge in [0, 0.05) is 11.1 Å². The van der Waals surface area contributed by atoms with Crippen LogP contribution in [0.25, 0.3) is 44.7 Å². The van der Waals surface area contributed by atoms with Gasteiger partial charge in [0.05, 0.1) is 21.8 Å². The van der Waals surface area contributed by atoms with Crippen LogP contribution < -0.4 is 11.3 Å². The van der Waals surface area contributed by atoms with Gasteiger partial charge in [0.25, 0.3) is 0 Å². The Morgan fingerprint density at radius 1 is 0.528 bits per heavy atom. The molecule has 0 atom stereocenters. The highest BCUT2D eigenvalue weighted by molar-refractivity contribution is 5.86. The summed E-state index contributed by atoms with van der Waals surface area (Å²) in [5.41, 5.74) is 5.81. The average Bonchev–Trinajstić information content (AvgIpc) is 2.91. The van der Waals surface area contributed by atoms with E-state index in [2.05, 4.69) is 0 Å². The first-order chi connectivity index (χ1) is 17.5. The maximum Gasteiger partial charge on any atom is 0.347 e. The van der Waals surface area contributed by atoms with Crippen molar-refractivity contribution in [3.8, 4) is 22.9 Å². The molecule has 182 valence electrons. The summed E-state index contributed by atoms with van der Waals surface area (Å²) < 4.78 is 11.3. The minimum absolute atomic E-state index is 0.260. The Bertz CT molecular complexity index is 1580. The quantitative estimate of drug-likeness (QED) is 0.285. The molecule has 0 amide bonds. The third-order valence-corrected chi connectivity index (χ3v) is 6.81. The molecule has 0 N–H and O–H groups in total. The summed E-state index contributed by atoms with van der Waals surface area (Å²) >= 11 is 0. The fraction of sp³-hybridized carbons (Fsp3) is 0.267. The van der Waals surface area contributed by atoms with Gasteiger partial charge in [-0.05, 0) is 72.2 Å². The first-order valence-electron chi connectivity index (χ1n) is 12.5. The molecular weight excluding hydrogens is 452 g/mol. The number of aromatic nitrogens is 2. The monoisotopic (exact) mass is 480 g/mol. The molecule has 6 nitrogen and oxygen atoms in total. The summed E-state index contributed by atoms with van der Waals surface area (Å²) in [5.74, 6) is 0.520. The Morgan fingerprint density at radius 2 is 0.861 bits per heavy atom. The molecule has 0 bridgehead atoms. The van der Waals surface area contributed by atoms with E-state index < -0.39 is 0 Å². The van der Waals surface area contributed by atoms with Crippen LogP contribution in [0.15, 0.2) is 67.0 Å². The third kappa shape index (κ3) is 3.92. The van der Waals surface area contributed by atoms with Gasteiger partial charge in [-0.3, -0.25) is 0 Å². The predicted octanol–water partition coefficient (Wildman–Crippen LogP) is 6.27. The van der Waals surface area contributed by atoms with E-state index in [1.54, 1.807) is 24.3 Å². The van der Waals surface area contributed by atoms with Crippen LogP contribution in [0.4, 0.5) is 0 Å². The number of benzene rings is 3. The molecule has 0 spiro atoms. The van der Waals surface area contributed by atoms with Gasteiger partial charge in [-0.15, -0.1) is 0 Å². The first-order valence-corrected chi connectivity index (χ1v) is 12.5. The number of nitrogens with zero attached hydrogens (tertiary/aromatic N) is 2. The van der Waals surface area contributed by atoms with Crippen molar-refractivity contribution >= 4 is 21.8 Å². The zero-order valence-corrected chi connectivity index (χ0v) is 21.0. The van der Waals surface area contributed by atoms with E-state index in [1.807, 2.05) is 52.0 Å². The zero-order chi connectivity index (χ0) is 25.4. The standard InChI is InChI=1S/C30H28N2O4/c1-5-17-9-11-19(7-3)25-23(17)29(33)35-27(31-25)21-13-15-22(16-14-21)28-32-26-20(8-4)12-10-18(6-2)24(26)30(34)36-28/h9-16H,5-8H2,1-4H3. The number of hydrogen-bond donors (Lipinski definition) is 0. The molecule has 5 rings (SSSR count). The van der Waals surface area contributed by atoms with Gasteiger partial charge in [-0.2, -0.15) is 0 Å². The van der Waals surface area contributed by atoms with E-state index in [1.165, 1.54) is 0 Å². The third-order valence-electron chi connectivity index (χ3n) is 6.81. The lowest BCUT2D eigenvalue weighted by molar-refractivity contribution is 0.516. The van der Waals surface area contributed by atoms with Crippen molar-refractivity contribution in [2.75, 3.05) is 0 Å². The Morgan fingerprint density at radius 3 is 1.19 bits per heavy atom. The first kappa shape index (κ1) is 23.7. The molecule has 0 aliphatic rings. The molecule has 0 radical (unpaired) electrons. The Balaban J connectivity index is 1.61. The van der Waals surface area contributed by atoms with Crippen LogP contribution in [0, 0.1) is 0 Å². The van der Waals surface area contributed by atoms with E-state index >= 15 is 0 Å². The number of fused-ring (bicyclic) bond motifs is 2. The van der Waals surface area contributed by atoms with Crippen LogP contribution in [-0.4, -0.2) is 9.97 Å². The highest BCUT2D eigenvalue weighted by Crippen LogP contribution is 2.27. The molecule has 6 heteroatoms. The summed E-state index contributed by atoms with van der Waals surface area (Å²) in [5, 5.41) is 1.11. The Labute approximate surface area is 208 Å². The number of aryl methyl sites for hydroxylation is 4. The van der Waals surface area contributed by atoms with Gasteiger partial charge >= 0.3 is 11.3 Å². The summed E-state index contributed by atoms with van der Waals surface area (Å²) in [6.07, 6.45) is 2.98. The molecule has 2 aromatic heterocycles. The van der Waals surface area contributed by atoms with E-state index in [9.17, 15) is 9.59 Å². The molecule has 36 heavy (non-hydrogen) atoms. The lowest BCUT2D eigenvalue weighted by Gasteiger charge is -2.10. The Hall–Kier alpha value is -4.06. The van der Waals surface area contributed by atoms with E-state index in [4.69, 9.17) is 18.8 Å². The molecular formula is C30H28N2O4. The van der Waals surface area contributed by atoms with Crippen molar-refractivity contribution < 1.29 is 8.83 Å². The lowest BCUT2D eigenvalue weighted by Crippen LogP contribution is -2.08. The number of rotatable bonds is 6. The van der Waals surface area contributed by atoms with Crippen molar-refractivity contribution in [2.45, 2.75) is 53.4 Å². The molecule has 3 aromatic carbocycles. The SMILES string of the molecule is CCc1ccc(CC)c2c(=O)oc(-c3ccc(-c4nc5c(CC)ccc(CC)c5c(=O)o4)cc3)nc12. The summed E-state index contributed by atoms with van der Waals surface area (Å²) in [6.45, 7) is 8.11. The highest BCUT2D eigenvalue weighted by Gasteiger charge is 2.17. The van der Waals surface area contributed by atoms with Crippen LogP contribution in [0.3, 0.4) is 0 Å². The van der Waals surface area contributed by atoms with Crippen molar-refractivity contribution in [2.24, 2.45) is 0 Å². The molecule has 5 aromatic rings. The van der Waals surface area contributed by atoms with Gasteiger partial charge in [0.2, 0.25) is 11.8 Å². The second-order valence-electron chi connectivity index (χ2n) is 8.82. The van der Waals surface area contributed by atoms with Gasteiger partial charge in [0.15, 0.2) is 0 Å². The lowest BCUT2D eigenvalue weighted by atomic mass is 10.0. The summed E-state index contributed by atoms with van der Waals surface area (Å²) in [6, 6.07) is 15.2. The fourth-order valence-corrected chi connectivity index (χ4v) is 4.75. The highest BCUT2D eigenvalue weighted by atomic mass is 16.4. The molecule has 0 saturated carbocycles. The van der Waals surface area contributed by atoms with Gasteiger partial charge in [-0.1, -0.05) is 52.0 Å². The molecule has 0 unspecified atom stereocenters. The summed E-state index contributed by atoms with van der Waals surface area (Å²) in [4.78, 5) is 35.3. The van der Waals surface area contributed by atoms with E-state index in [0.717, 1.165) is 47.9 Å². The normalized spacial score (nSPS) is 11.4. The van der Waals surface area contributed by atoms with E-state index in [0.29, 0.717) is 32.9 Å². The van der Waals surface area contributed by atoms with Crippen molar-refractivity contribution in [3.05, 3.63) is 91.6 Å². The van der Waals surface area contributed by atoms with Crippen molar-refractivity contribution in [3.63, 3.8) is 0 Å².